The van der Waals surface area contributed by atoms with E-state index >= 15 is 0 Å². The smallest absolute Gasteiger partial charge is 0.144 e. The highest BCUT2D eigenvalue weighted by Crippen LogP contribution is 2.40. The van der Waals surface area contributed by atoms with Crippen LogP contribution in [-0.2, 0) is 17.9 Å². The molecule has 4 heteroatoms. The van der Waals surface area contributed by atoms with Gasteiger partial charge in [-0.2, -0.15) is 0 Å². The molecule has 23 heavy (non-hydrogen) atoms. The third-order valence-corrected chi connectivity index (χ3v) is 4.87. The van der Waals surface area contributed by atoms with Crippen molar-refractivity contribution in [2.45, 2.75) is 38.5 Å². The van der Waals surface area contributed by atoms with Gasteiger partial charge >= 0.3 is 0 Å². The van der Waals surface area contributed by atoms with E-state index in [0.29, 0.717) is 12.4 Å². The normalized spacial score (nSPS) is 21.3. The van der Waals surface area contributed by atoms with Gasteiger partial charge < -0.3 is 9.84 Å². The van der Waals surface area contributed by atoms with Gasteiger partial charge in [-0.1, -0.05) is 36.8 Å². The molecule has 1 N–H and O–H groups in total. The number of nitrogens with zero attached hydrogens (tertiary/aromatic N) is 2. The first-order chi connectivity index (χ1) is 11.3. The Hall–Kier alpha value is -1.91. The molecule has 0 radical (unpaired) electrons. The average molecular weight is 310 g/mol. The van der Waals surface area contributed by atoms with E-state index in [2.05, 4.69) is 22.0 Å². The summed E-state index contributed by atoms with van der Waals surface area (Å²) in [6.07, 6.45) is 5.57. The molecular weight excluding hydrogens is 288 g/mol. The Bertz CT molecular complexity index is 681. The van der Waals surface area contributed by atoms with Crippen molar-refractivity contribution >= 4 is 0 Å². The Morgan fingerprint density at radius 2 is 1.91 bits per heavy atom. The lowest BCUT2D eigenvalue weighted by Gasteiger charge is -2.26. The van der Waals surface area contributed by atoms with Gasteiger partial charge in [0.15, 0.2) is 0 Å². The van der Waals surface area contributed by atoms with Crippen molar-refractivity contribution in [1.82, 2.24) is 9.88 Å². The minimum absolute atomic E-state index is 0.117. The van der Waals surface area contributed by atoms with Crippen LogP contribution >= 0.6 is 0 Å². The maximum absolute atomic E-state index is 10.6. The van der Waals surface area contributed by atoms with Gasteiger partial charge in [0.1, 0.15) is 11.9 Å². The minimum Gasteiger partial charge on any atom is -0.506 e. The van der Waals surface area contributed by atoms with Crippen molar-refractivity contribution in [3.05, 3.63) is 58.9 Å². The van der Waals surface area contributed by atoms with E-state index in [0.717, 1.165) is 42.0 Å². The lowest BCUT2D eigenvalue weighted by Crippen LogP contribution is -2.29. The molecule has 1 aromatic heterocycles. The molecular formula is C19H22N2O2. The van der Waals surface area contributed by atoms with Gasteiger partial charge in [0, 0.05) is 23.9 Å². The van der Waals surface area contributed by atoms with Crippen molar-refractivity contribution < 1.29 is 9.84 Å². The molecule has 1 aromatic carbocycles. The standard InChI is InChI=1S/C19H22N2O2/c22-18-16-13-23-19(14-7-3-1-4-8-14)15(16)11-20-17(18)12-21-9-5-2-6-10-21/h1,3-4,7-8,11,19,22H,2,5-6,9-10,12-13H2. The lowest BCUT2D eigenvalue weighted by molar-refractivity contribution is 0.0932. The van der Waals surface area contributed by atoms with E-state index in [9.17, 15) is 5.11 Å². The summed E-state index contributed by atoms with van der Waals surface area (Å²) in [5.41, 5.74) is 3.79. The molecule has 4 rings (SSSR count). The highest BCUT2D eigenvalue weighted by atomic mass is 16.5. The second-order valence-corrected chi connectivity index (χ2v) is 6.43. The molecule has 4 nitrogen and oxygen atoms in total. The van der Waals surface area contributed by atoms with E-state index in [1.165, 1.54) is 19.3 Å². The summed E-state index contributed by atoms with van der Waals surface area (Å²) >= 11 is 0. The SMILES string of the molecule is Oc1c(CN2CCCCC2)ncc2c1COC2c1ccccc1. The first-order valence-electron chi connectivity index (χ1n) is 8.41. The summed E-state index contributed by atoms with van der Waals surface area (Å²) in [4.78, 5) is 6.93. The van der Waals surface area contributed by atoms with E-state index in [4.69, 9.17) is 4.74 Å². The van der Waals surface area contributed by atoms with Crippen LogP contribution in [0.5, 0.6) is 5.75 Å². The Kier molecular flexibility index (Phi) is 4.02. The van der Waals surface area contributed by atoms with E-state index < -0.39 is 0 Å². The molecule has 1 atom stereocenters. The number of fused-ring (bicyclic) bond motifs is 1. The number of piperidine rings is 1. The van der Waals surface area contributed by atoms with Gasteiger partial charge in [0.25, 0.3) is 0 Å². The molecule has 0 bridgehead atoms. The van der Waals surface area contributed by atoms with Gasteiger partial charge in [-0.25, -0.2) is 0 Å². The number of hydrogen-bond donors (Lipinski definition) is 1. The minimum atomic E-state index is -0.117. The fourth-order valence-corrected chi connectivity index (χ4v) is 3.58. The number of benzene rings is 1. The van der Waals surface area contributed by atoms with Gasteiger partial charge in [-0.3, -0.25) is 9.88 Å². The number of rotatable bonds is 3. The van der Waals surface area contributed by atoms with Crippen LogP contribution < -0.4 is 0 Å². The third-order valence-electron chi connectivity index (χ3n) is 4.87. The Morgan fingerprint density at radius 3 is 2.70 bits per heavy atom. The van der Waals surface area contributed by atoms with Crippen molar-refractivity contribution in [2.24, 2.45) is 0 Å². The molecule has 0 saturated carbocycles. The zero-order chi connectivity index (χ0) is 15.6. The van der Waals surface area contributed by atoms with Crippen molar-refractivity contribution in [3.8, 4) is 5.75 Å². The monoisotopic (exact) mass is 310 g/mol. The van der Waals surface area contributed by atoms with E-state index in [1.807, 2.05) is 24.4 Å². The van der Waals surface area contributed by atoms with Crippen LogP contribution in [0, 0.1) is 0 Å². The maximum Gasteiger partial charge on any atom is 0.144 e. The van der Waals surface area contributed by atoms with Gasteiger partial charge in [-0.15, -0.1) is 0 Å². The lowest BCUT2D eigenvalue weighted by atomic mass is 10.00. The number of pyridine rings is 1. The highest BCUT2D eigenvalue weighted by molar-refractivity contribution is 5.46. The zero-order valence-electron chi connectivity index (χ0n) is 13.2. The second-order valence-electron chi connectivity index (χ2n) is 6.43. The van der Waals surface area contributed by atoms with Crippen LogP contribution in [0.4, 0.5) is 0 Å². The predicted octanol–water partition coefficient (Wildman–Crippen LogP) is 3.39. The molecule has 3 heterocycles. The van der Waals surface area contributed by atoms with Crippen LogP contribution in [-0.4, -0.2) is 28.1 Å². The summed E-state index contributed by atoms with van der Waals surface area (Å²) in [6, 6.07) is 10.1. The third kappa shape index (κ3) is 2.84. The second kappa shape index (κ2) is 6.30. The predicted molar refractivity (Wildman–Crippen MR) is 88.1 cm³/mol. The Morgan fingerprint density at radius 1 is 1.13 bits per heavy atom. The molecule has 2 aromatic rings. The number of ether oxygens (including phenoxy) is 1. The van der Waals surface area contributed by atoms with E-state index in [-0.39, 0.29) is 6.10 Å². The van der Waals surface area contributed by atoms with Crippen LogP contribution in [0.1, 0.15) is 47.8 Å². The Labute approximate surface area is 136 Å². The van der Waals surface area contributed by atoms with Crippen LogP contribution in [0.25, 0.3) is 0 Å². The molecule has 120 valence electrons. The summed E-state index contributed by atoms with van der Waals surface area (Å²) in [5, 5.41) is 10.6. The number of hydrogen-bond acceptors (Lipinski definition) is 4. The van der Waals surface area contributed by atoms with Crippen LogP contribution in [0.2, 0.25) is 0 Å². The Balaban J connectivity index is 1.60. The fraction of sp³-hybridized carbons (Fsp3) is 0.421. The number of likely N-dealkylation sites (tertiary alicyclic amines) is 1. The van der Waals surface area contributed by atoms with Crippen LogP contribution in [0.3, 0.4) is 0 Å². The first kappa shape index (κ1) is 14.7. The summed E-state index contributed by atoms with van der Waals surface area (Å²) in [7, 11) is 0. The molecule has 0 spiro atoms. The summed E-state index contributed by atoms with van der Waals surface area (Å²) in [5.74, 6) is 0.325. The van der Waals surface area contributed by atoms with Crippen molar-refractivity contribution in [2.75, 3.05) is 13.1 Å². The summed E-state index contributed by atoms with van der Waals surface area (Å²) < 4.78 is 5.92. The molecule has 2 aliphatic rings. The van der Waals surface area contributed by atoms with E-state index in [1.54, 1.807) is 0 Å². The average Bonchev–Trinajstić information content (AvgIpc) is 3.04. The molecule has 1 fully saturated rings. The first-order valence-corrected chi connectivity index (χ1v) is 8.41. The maximum atomic E-state index is 10.6. The zero-order valence-corrected chi connectivity index (χ0v) is 13.2. The van der Waals surface area contributed by atoms with Crippen molar-refractivity contribution in [3.63, 3.8) is 0 Å². The topological polar surface area (TPSA) is 45.6 Å². The largest absolute Gasteiger partial charge is 0.506 e. The van der Waals surface area contributed by atoms with Crippen molar-refractivity contribution in [1.29, 1.82) is 0 Å². The van der Waals surface area contributed by atoms with Gasteiger partial charge in [-0.05, 0) is 31.5 Å². The fourth-order valence-electron chi connectivity index (χ4n) is 3.58. The molecule has 0 amide bonds. The molecule has 1 unspecified atom stereocenters. The number of aromatic hydroxyl groups is 1. The molecule has 2 aliphatic heterocycles. The quantitative estimate of drug-likeness (QED) is 0.944. The summed E-state index contributed by atoms with van der Waals surface area (Å²) in [6.45, 7) is 3.38. The van der Waals surface area contributed by atoms with Crippen LogP contribution in [0.15, 0.2) is 36.5 Å². The number of aromatic nitrogens is 1. The molecule has 1 saturated heterocycles. The van der Waals surface area contributed by atoms with Gasteiger partial charge in [0.05, 0.1) is 12.3 Å². The van der Waals surface area contributed by atoms with Gasteiger partial charge in [0.2, 0.25) is 0 Å². The molecule has 0 aliphatic carbocycles. The highest BCUT2D eigenvalue weighted by Gasteiger charge is 2.29.